The fraction of sp³-hybridized carbons (Fsp3) is 0.833. The Morgan fingerprint density at radius 1 is 1.28 bits per heavy atom. The van der Waals surface area contributed by atoms with Crippen LogP contribution in [-0.4, -0.2) is 66.5 Å². The quantitative estimate of drug-likeness (QED) is 0.766. The number of carbonyl (C=O) groups excluding carboxylic acids is 2. The van der Waals surface area contributed by atoms with Gasteiger partial charge < -0.3 is 20.3 Å². The molecule has 7 nitrogen and oxygen atoms in total. The Kier molecular flexibility index (Phi) is 6.42. The number of hydrogen-bond donors (Lipinski definition) is 1. The summed E-state index contributed by atoms with van der Waals surface area (Å²) < 4.78 is 5.20. The summed E-state index contributed by atoms with van der Waals surface area (Å²) in [5.41, 5.74) is 5.57. The predicted octanol–water partition coefficient (Wildman–Crippen LogP) is 0.882. The second-order valence-corrected chi connectivity index (χ2v) is 7.80. The average Bonchev–Trinajstić information content (AvgIpc) is 3.22. The molecule has 2 fully saturated rings. The topological polar surface area (TPSA) is 99.7 Å². The first-order chi connectivity index (χ1) is 11.8. The fourth-order valence-electron chi connectivity index (χ4n) is 3.81. The van der Waals surface area contributed by atoms with Gasteiger partial charge in [0.05, 0.1) is 24.8 Å². The van der Waals surface area contributed by atoms with Crippen LogP contribution in [-0.2, 0) is 14.3 Å². The lowest BCUT2D eigenvalue weighted by Gasteiger charge is -2.35. The summed E-state index contributed by atoms with van der Waals surface area (Å²) in [5, 5.41) is 9.18. The molecule has 2 N–H and O–H groups in total. The minimum Gasteiger partial charge on any atom is -0.383 e. The first-order valence-electron chi connectivity index (χ1n) is 9.06. The van der Waals surface area contributed by atoms with Crippen molar-refractivity contribution in [2.24, 2.45) is 11.1 Å². The average molecular weight is 350 g/mol. The van der Waals surface area contributed by atoms with Crippen molar-refractivity contribution in [3.63, 3.8) is 0 Å². The smallest absolute Gasteiger partial charge is 0.241 e. The maximum Gasteiger partial charge on any atom is 0.241 e. The van der Waals surface area contributed by atoms with E-state index in [-0.39, 0.29) is 24.3 Å². The van der Waals surface area contributed by atoms with Gasteiger partial charge in [-0.2, -0.15) is 5.26 Å². The SMILES string of the molecule is COC[C@@H]1CCCN1C(=O)CC(C)(C)C(N)C(=O)N1CCC[C@H]1C#N. The van der Waals surface area contributed by atoms with Crippen molar-refractivity contribution in [3.8, 4) is 6.07 Å². The first kappa shape index (κ1) is 19.7. The molecule has 0 saturated carbocycles. The van der Waals surface area contributed by atoms with E-state index in [1.807, 2.05) is 18.7 Å². The summed E-state index contributed by atoms with van der Waals surface area (Å²) in [6.07, 6.45) is 3.65. The first-order valence-corrected chi connectivity index (χ1v) is 9.06. The number of amides is 2. The van der Waals surface area contributed by atoms with Crippen LogP contribution in [0.25, 0.3) is 0 Å². The molecule has 3 atom stereocenters. The zero-order chi connectivity index (χ0) is 18.6. The summed E-state index contributed by atoms with van der Waals surface area (Å²) in [5.74, 6) is -0.206. The minimum atomic E-state index is -0.797. The van der Waals surface area contributed by atoms with Gasteiger partial charge in [-0.1, -0.05) is 13.8 Å². The van der Waals surface area contributed by atoms with Gasteiger partial charge in [-0.3, -0.25) is 9.59 Å². The van der Waals surface area contributed by atoms with Crippen LogP contribution in [0.4, 0.5) is 0 Å². The molecular weight excluding hydrogens is 320 g/mol. The maximum absolute atomic E-state index is 12.8. The van der Waals surface area contributed by atoms with Gasteiger partial charge >= 0.3 is 0 Å². The number of ether oxygens (including phenoxy) is 1. The predicted molar refractivity (Wildman–Crippen MR) is 93.3 cm³/mol. The van der Waals surface area contributed by atoms with E-state index < -0.39 is 17.5 Å². The molecule has 0 radical (unpaired) electrons. The summed E-state index contributed by atoms with van der Waals surface area (Å²) in [4.78, 5) is 28.9. The maximum atomic E-state index is 12.8. The van der Waals surface area contributed by atoms with E-state index in [1.165, 1.54) is 0 Å². The molecule has 0 aromatic heterocycles. The Hall–Kier alpha value is -1.65. The van der Waals surface area contributed by atoms with Gasteiger partial charge in [-0.15, -0.1) is 0 Å². The number of likely N-dealkylation sites (tertiary alicyclic amines) is 2. The number of nitrogens with two attached hydrogens (primary N) is 1. The summed E-state index contributed by atoms with van der Waals surface area (Å²) in [6.45, 7) is 5.54. The van der Waals surface area contributed by atoms with E-state index in [1.54, 1.807) is 12.0 Å². The van der Waals surface area contributed by atoms with Gasteiger partial charge in [-0.05, 0) is 31.1 Å². The van der Waals surface area contributed by atoms with Crippen molar-refractivity contribution < 1.29 is 14.3 Å². The number of nitriles is 1. The van der Waals surface area contributed by atoms with Crippen molar-refractivity contribution in [3.05, 3.63) is 0 Å². The standard InChI is InChI=1S/C18H30N4O3/c1-18(2,10-15(23)21-8-5-7-14(21)12-25-3)16(20)17(24)22-9-4-6-13(22)11-19/h13-14,16H,4-10,12,20H2,1-3H3/t13-,14-,16?/m0/s1. The molecule has 0 spiro atoms. The normalized spacial score (nSPS) is 25.1. The Morgan fingerprint density at radius 2 is 1.92 bits per heavy atom. The third kappa shape index (κ3) is 4.31. The Labute approximate surface area is 150 Å². The van der Waals surface area contributed by atoms with E-state index in [9.17, 15) is 14.9 Å². The fourth-order valence-corrected chi connectivity index (χ4v) is 3.81. The van der Waals surface area contributed by atoms with Crippen LogP contribution in [0.5, 0.6) is 0 Å². The highest BCUT2D eigenvalue weighted by atomic mass is 16.5. The number of hydrogen-bond acceptors (Lipinski definition) is 5. The number of rotatable bonds is 6. The van der Waals surface area contributed by atoms with Gasteiger partial charge in [0.2, 0.25) is 11.8 Å². The molecule has 140 valence electrons. The van der Waals surface area contributed by atoms with Crippen LogP contribution in [0.3, 0.4) is 0 Å². The van der Waals surface area contributed by atoms with Crippen LogP contribution in [0, 0.1) is 16.7 Å². The molecule has 7 heteroatoms. The van der Waals surface area contributed by atoms with Gasteiger partial charge in [-0.25, -0.2) is 0 Å². The second kappa shape index (κ2) is 8.15. The molecule has 0 aliphatic carbocycles. The van der Waals surface area contributed by atoms with Gasteiger partial charge in [0, 0.05) is 26.6 Å². The van der Waals surface area contributed by atoms with Crippen molar-refractivity contribution >= 4 is 11.8 Å². The summed E-state index contributed by atoms with van der Waals surface area (Å²) in [7, 11) is 1.64. The van der Waals surface area contributed by atoms with Crippen LogP contribution in [0.1, 0.15) is 46.0 Å². The molecule has 2 amide bonds. The van der Waals surface area contributed by atoms with Gasteiger partial charge in [0.25, 0.3) is 0 Å². The van der Waals surface area contributed by atoms with Crippen LogP contribution in [0.2, 0.25) is 0 Å². The summed E-state index contributed by atoms with van der Waals surface area (Å²) in [6, 6.07) is 1.09. The van der Waals surface area contributed by atoms with Crippen LogP contribution in [0.15, 0.2) is 0 Å². The Balaban J connectivity index is 2.01. The van der Waals surface area contributed by atoms with Crippen molar-refractivity contribution in [2.75, 3.05) is 26.8 Å². The van der Waals surface area contributed by atoms with Crippen molar-refractivity contribution in [1.29, 1.82) is 5.26 Å². The Bertz CT molecular complexity index is 543. The lowest BCUT2D eigenvalue weighted by atomic mass is 9.80. The molecule has 0 aromatic rings. The second-order valence-electron chi connectivity index (χ2n) is 7.80. The van der Waals surface area contributed by atoms with Gasteiger partial charge in [0.1, 0.15) is 6.04 Å². The molecule has 1 unspecified atom stereocenters. The molecule has 2 rings (SSSR count). The molecule has 2 aliphatic rings. The van der Waals surface area contributed by atoms with Gasteiger partial charge in [0.15, 0.2) is 0 Å². The summed E-state index contributed by atoms with van der Waals surface area (Å²) >= 11 is 0. The minimum absolute atomic E-state index is 0.0195. The molecular formula is C18H30N4O3. The third-order valence-electron chi connectivity index (χ3n) is 5.46. The number of methoxy groups -OCH3 is 1. The molecule has 25 heavy (non-hydrogen) atoms. The monoisotopic (exact) mass is 350 g/mol. The molecule has 2 saturated heterocycles. The Morgan fingerprint density at radius 3 is 2.56 bits per heavy atom. The number of nitrogens with zero attached hydrogens (tertiary/aromatic N) is 3. The largest absolute Gasteiger partial charge is 0.383 e. The van der Waals surface area contributed by atoms with Crippen molar-refractivity contribution in [1.82, 2.24) is 9.80 Å². The highest BCUT2D eigenvalue weighted by Gasteiger charge is 2.41. The molecule has 0 bridgehead atoms. The zero-order valence-corrected chi connectivity index (χ0v) is 15.5. The highest BCUT2D eigenvalue weighted by Crippen LogP contribution is 2.30. The zero-order valence-electron chi connectivity index (χ0n) is 15.5. The molecule has 2 heterocycles. The van der Waals surface area contributed by atoms with E-state index in [0.29, 0.717) is 19.6 Å². The van der Waals surface area contributed by atoms with E-state index in [4.69, 9.17) is 10.5 Å². The van der Waals surface area contributed by atoms with E-state index >= 15 is 0 Å². The highest BCUT2D eigenvalue weighted by molar-refractivity contribution is 5.85. The molecule has 0 aromatic carbocycles. The van der Waals surface area contributed by atoms with E-state index in [2.05, 4.69) is 6.07 Å². The van der Waals surface area contributed by atoms with Crippen molar-refractivity contribution in [2.45, 2.75) is 64.1 Å². The van der Waals surface area contributed by atoms with Crippen LogP contribution >= 0.6 is 0 Å². The van der Waals surface area contributed by atoms with Crippen LogP contribution < -0.4 is 5.73 Å². The molecule has 2 aliphatic heterocycles. The van der Waals surface area contributed by atoms with E-state index in [0.717, 1.165) is 25.8 Å². The number of carbonyl (C=O) groups is 2. The lowest BCUT2D eigenvalue weighted by molar-refractivity contribution is -0.139. The third-order valence-corrected chi connectivity index (χ3v) is 5.46. The lowest BCUT2D eigenvalue weighted by Crippen LogP contribution is -2.54.